The fourth-order valence-corrected chi connectivity index (χ4v) is 3.57. The van der Waals surface area contributed by atoms with Gasteiger partial charge in [0.1, 0.15) is 0 Å². The van der Waals surface area contributed by atoms with Crippen LogP contribution in [0.3, 0.4) is 0 Å². The SMILES string of the molecule is CCC1C2NCCCC2CCN1C(C)C. The van der Waals surface area contributed by atoms with Gasteiger partial charge >= 0.3 is 0 Å². The third-order valence-corrected chi connectivity index (χ3v) is 4.32. The topological polar surface area (TPSA) is 15.3 Å². The first-order valence-corrected chi connectivity index (χ1v) is 6.73. The van der Waals surface area contributed by atoms with E-state index in [0.29, 0.717) is 6.04 Å². The highest BCUT2D eigenvalue weighted by molar-refractivity contribution is 4.96. The summed E-state index contributed by atoms with van der Waals surface area (Å²) in [5, 5.41) is 3.77. The maximum absolute atomic E-state index is 3.77. The maximum atomic E-state index is 3.77. The Bertz CT molecular complexity index is 203. The van der Waals surface area contributed by atoms with E-state index in [1.165, 1.54) is 38.8 Å². The Morgan fingerprint density at radius 2 is 2.13 bits per heavy atom. The molecule has 0 aromatic rings. The highest BCUT2D eigenvalue weighted by atomic mass is 15.2. The van der Waals surface area contributed by atoms with Gasteiger partial charge in [0.05, 0.1) is 0 Å². The van der Waals surface area contributed by atoms with Crippen molar-refractivity contribution in [2.75, 3.05) is 13.1 Å². The van der Waals surface area contributed by atoms with Crippen molar-refractivity contribution < 1.29 is 0 Å². The molecular formula is C13H26N2. The van der Waals surface area contributed by atoms with Crippen LogP contribution in [0.2, 0.25) is 0 Å². The molecule has 2 saturated heterocycles. The van der Waals surface area contributed by atoms with Crippen LogP contribution in [-0.2, 0) is 0 Å². The van der Waals surface area contributed by atoms with Crippen LogP contribution in [0.1, 0.15) is 46.5 Å². The largest absolute Gasteiger partial charge is 0.312 e. The first kappa shape index (κ1) is 11.4. The van der Waals surface area contributed by atoms with Gasteiger partial charge in [-0.15, -0.1) is 0 Å². The van der Waals surface area contributed by atoms with Crippen molar-refractivity contribution in [3.05, 3.63) is 0 Å². The van der Waals surface area contributed by atoms with E-state index in [1.54, 1.807) is 0 Å². The van der Waals surface area contributed by atoms with Crippen molar-refractivity contribution in [2.24, 2.45) is 5.92 Å². The van der Waals surface area contributed by atoms with Crippen molar-refractivity contribution >= 4 is 0 Å². The lowest BCUT2D eigenvalue weighted by molar-refractivity contribution is 0.0305. The molecule has 0 bridgehead atoms. The molecule has 0 aromatic carbocycles. The lowest BCUT2D eigenvalue weighted by atomic mass is 9.79. The van der Waals surface area contributed by atoms with Crippen LogP contribution in [0, 0.1) is 5.92 Å². The third kappa shape index (κ3) is 2.21. The molecule has 0 spiro atoms. The second kappa shape index (κ2) is 4.84. The minimum Gasteiger partial charge on any atom is -0.312 e. The van der Waals surface area contributed by atoms with E-state index in [1.807, 2.05) is 0 Å². The van der Waals surface area contributed by atoms with Crippen LogP contribution in [0.5, 0.6) is 0 Å². The number of hydrogen-bond donors (Lipinski definition) is 1. The van der Waals surface area contributed by atoms with E-state index in [-0.39, 0.29) is 0 Å². The Labute approximate surface area is 94.4 Å². The molecule has 2 aliphatic heterocycles. The molecule has 2 fully saturated rings. The Balaban J connectivity index is 2.07. The van der Waals surface area contributed by atoms with E-state index in [0.717, 1.165) is 18.0 Å². The summed E-state index contributed by atoms with van der Waals surface area (Å²) in [6.45, 7) is 9.58. The average Bonchev–Trinajstić information content (AvgIpc) is 2.27. The predicted octanol–water partition coefficient (Wildman–Crippen LogP) is 2.25. The van der Waals surface area contributed by atoms with Crippen molar-refractivity contribution in [1.82, 2.24) is 10.2 Å². The molecule has 0 aromatic heterocycles. The fourth-order valence-electron chi connectivity index (χ4n) is 3.57. The van der Waals surface area contributed by atoms with Crippen LogP contribution in [-0.4, -0.2) is 36.1 Å². The number of fused-ring (bicyclic) bond motifs is 1. The molecule has 0 amide bonds. The third-order valence-electron chi connectivity index (χ3n) is 4.32. The summed E-state index contributed by atoms with van der Waals surface area (Å²) in [7, 11) is 0. The summed E-state index contributed by atoms with van der Waals surface area (Å²) in [5.41, 5.74) is 0. The van der Waals surface area contributed by atoms with E-state index in [2.05, 4.69) is 31.0 Å². The molecular weight excluding hydrogens is 184 g/mol. The summed E-state index contributed by atoms with van der Waals surface area (Å²) >= 11 is 0. The lowest BCUT2D eigenvalue weighted by Crippen LogP contribution is -2.61. The Kier molecular flexibility index (Phi) is 3.68. The van der Waals surface area contributed by atoms with E-state index in [4.69, 9.17) is 0 Å². The zero-order chi connectivity index (χ0) is 10.8. The van der Waals surface area contributed by atoms with Gasteiger partial charge in [0.2, 0.25) is 0 Å². The number of nitrogens with zero attached hydrogens (tertiary/aromatic N) is 1. The van der Waals surface area contributed by atoms with Gasteiger partial charge in [0.15, 0.2) is 0 Å². The van der Waals surface area contributed by atoms with E-state index < -0.39 is 0 Å². The van der Waals surface area contributed by atoms with Crippen LogP contribution < -0.4 is 5.32 Å². The Hall–Kier alpha value is -0.0800. The van der Waals surface area contributed by atoms with Crippen molar-refractivity contribution in [1.29, 1.82) is 0 Å². The molecule has 0 radical (unpaired) electrons. The highest BCUT2D eigenvalue weighted by Gasteiger charge is 2.38. The Morgan fingerprint density at radius 3 is 2.80 bits per heavy atom. The normalized spacial score (nSPS) is 38.0. The first-order valence-electron chi connectivity index (χ1n) is 6.73. The van der Waals surface area contributed by atoms with Gasteiger partial charge in [-0.2, -0.15) is 0 Å². The smallest absolute Gasteiger partial charge is 0.0252 e. The maximum Gasteiger partial charge on any atom is 0.0252 e. The second-order valence-electron chi connectivity index (χ2n) is 5.48. The first-order chi connectivity index (χ1) is 7.24. The van der Waals surface area contributed by atoms with Crippen molar-refractivity contribution in [3.63, 3.8) is 0 Å². The molecule has 2 rings (SSSR count). The van der Waals surface area contributed by atoms with Crippen molar-refractivity contribution in [3.8, 4) is 0 Å². The summed E-state index contributed by atoms with van der Waals surface area (Å²) in [6, 6.07) is 2.27. The monoisotopic (exact) mass is 210 g/mol. The van der Waals surface area contributed by atoms with E-state index >= 15 is 0 Å². The van der Waals surface area contributed by atoms with Gasteiger partial charge in [0, 0.05) is 18.1 Å². The quantitative estimate of drug-likeness (QED) is 0.752. The van der Waals surface area contributed by atoms with E-state index in [9.17, 15) is 0 Å². The summed E-state index contributed by atoms with van der Waals surface area (Å²) in [5.74, 6) is 0.957. The van der Waals surface area contributed by atoms with Gasteiger partial charge in [0.25, 0.3) is 0 Å². The minimum atomic E-state index is 0.708. The van der Waals surface area contributed by atoms with Gasteiger partial charge in [-0.3, -0.25) is 4.90 Å². The molecule has 2 nitrogen and oxygen atoms in total. The zero-order valence-electron chi connectivity index (χ0n) is 10.5. The van der Waals surface area contributed by atoms with Crippen LogP contribution >= 0.6 is 0 Å². The van der Waals surface area contributed by atoms with Crippen molar-refractivity contribution in [2.45, 2.75) is 64.6 Å². The predicted molar refractivity (Wildman–Crippen MR) is 65.1 cm³/mol. The molecule has 3 atom stereocenters. The number of nitrogens with one attached hydrogen (secondary N) is 1. The zero-order valence-corrected chi connectivity index (χ0v) is 10.5. The summed E-state index contributed by atoms with van der Waals surface area (Å²) in [4.78, 5) is 2.71. The molecule has 0 saturated carbocycles. The number of likely N-dealkylation sites (tertiary alicyclic amines) is 1. The number of rotatable bonds is 2. The molecule has 88 valence electrons. The average molecular weight is 210 g/mol. The van der Waals surface area contributed by atoms with Crippen LogP contribution in [0.25, 0.3) is 0 Å². The highest BCUT2D eigenvalue weighted by Crippen LogP contribution is 2.32. The Morgan fingerprint density at radius 1 is 1.33 bits per heavy atom. The lowest BCUT2D eigenvalue weighted by Gasteiger charge is -2.49. The molecule has 1 N–H and O–H groups in total. The van der Waals surface area contributed by atoms with Crippen LogP contribution in [0.15, 0.2) is 0 Å². The molecule has 3 unspecified atom stereocenters. The van der Waals surface area contributed by atoms with Crippen LogP contribution in [0.4, 0.5) is 0 Å². The van der Waals surface area contributed by atoms with Gasteiger partial charge in [-0.25, -0.2) is 0 Å². The van der Waals surface area contributed by atoms with Gasteiger partial charge < -0.3 is 5.32 Å². The fraction of sp³-hybridized carbons (Fsp3) is 1.00. The standard InChI is InChI=1S/C13H26N2/c1-4-12-13-11(6-5-8-14-13)7-9-15(12)10(2)3/h10-14H,4-9H2,1-3H3. The number of hydrogen-bond acceptors (Lipinski definition) is 2. The summed E-state index contributed by atoms with van der Waals surface area (Å²) in [6.07, 6.45) is 5.55. The van der Waals surface area contributed by atoms with Gasteiger partial charge in [-0.1, -0.05) is 6.92 Å². The number of piperidine rings is 2. The molecule has 0 aliphatic carbocycles. The molecule has 2 heteroatoms. The molecule has 2 heterocycles. The van der Waals surface area contributed by atoms with Gasteiger partial charge in [-0.05, 0) is 58.5 Å². The summed E-state index contributed by atoms with van der Waals surface area (Å²) < 4.78 is 0. The second-order valence-corrected chi connectivity index (χ2v) is 5.48. The minimum absolute atomic E-state index is 0.708. The molecule has 2 aliphatic rings. The molecule has 15 heavy (non-hydrogen) atoms.